The van der Waals surface area contributed by atoms with Gasteiger partial charge < -0.3 is 5.32 Å². The molecule has 3 rings (SSSR count). The van der Waals surface area contributed by atoms with Gasteiger partial charge in [0.15, 0.2) is 0 Å². The molecule has 0 spiro atoms. The van der Waals surface area contributed by atoms with Gasteiger partial charge in [-0.2, -0.15) is 0 Å². The molecular formula is C23H28Cl2N2O. The monoisotopic (exact) mass is 418 g/mol. The number of hydrogen-bond acceptors (Lipinski definition) is 2. The first kappa shape index (κ1) is 21.2. The van der Waals surface area contributed by atoms with Crippen molar-refractivity contribution < 1.29 is 4.79 Å². The van der Waals surface area contributed by atoms with Crippen molar-refractivity contribution in [1.29, 1.82) is 0 Å². The molecule has 1 aliphatic rings. The van der Waals surface area contributed by atoms with E-state index in [1.807, 2.05) is 18.2 Å². The Kier molecular flexibility index (Phi) is 6.69. The number of likely N-dealkylation sites (tertiary alicyclic amines) is 1. The molecular weight excluding hydrogens is 391 g/mol. The second-order valence-corrected chi connectivity index (χ2v) is 8.78. The van der Waals surface area contributed by atoms with Crippen LogP contribution in [0.25, 0.3) is 0 Å². The molecule has 2 aromatic rings. The van der Waals surface area contributed by atoms with Crippen molar-refractivity contribution in [1.82, 2.24) is 10.2 Å². The number of carbonyl (C=O) groups is 1. The first-order valence-electron chi connectivity index (χ1n) is 9.88. The minimum atomic E-state index is -0.239. The summed E-state index contributed by atoms with van der Waals surface area (Å²) in [6, 6.07) is 15.1. The molecule has 0 bridgehead atoms. The van der Waals surface area contributed by atoms with Gasteiger partial charge in [0, 0.05) is 12.1 Å². The van der Waals surface area contributed by atoms with Gasteiger partial charge >= 0.3 is 0 Å². The number of nitrogens with zero attached hydrogens (tertiary/aromatic N) is 1. The number of carbonyl (C=O) groups excluding carboxylic acids is 1. The van der Waals surface area contributed by atoms with Crippen molar-refractivity contribution in [3.05, 3.63) is 69.7 Å². The fraction of sp³-hybridized carbons (Fsp3) is 0.435. The summed E-state index contributed by atoms with van der Waals surface area (Å²) >= 11 is 12.6. The number of nitrogens with one attached hydrogen (secondary N) is 1. The van der Waals surface area contributed by atoms with Gasteiger partial charge in [-0.15, -0.1) is 0 Å². The van der Waals surface area contributed by atoms with Crippen LogP contribution in [0, 0.1) is 5.92 Å². The zero-order chi connectivity index (χ0) is 20.3. The van der Waals surface area contributed by atoms with Gasteiger partial charge in [-0.25, -0.2) is 0 Å². The highest BCUT2D eigenvalue weighted by Crippen LogP contribution is 2.40. The Bertz CT molecular complexity index is 806. The quantitative estimate of drug-likeness (QED) is 0.647. The number of benzene rings is 2. The normalized spacial score (nSPS) is 24.0. The summed E-state index contributed by atoms with van der Waals surface area (Å²) in [5.74, 6) is 0.458. The van der Waals surface area contributed by atoms with Crippen molar-refractivity contribution >= 4 is 29.1 Å². The van der Waals surface area contributed by atoms with Gasteiger partial charge in [-0.3, -0.25) is 9.69 Å². The maximum atomic E-state index is 13.2. The maximum absolute atomic E-state index is 13.2. The Labute approximate surface area is 178 Å². The Balaban J connectivity index is 1.96. The molecule has 1 aliphatic heterocycles. The average Bonchev–Trinajstić information content (AvgIpc) is 2.69. The molecule has 1 fully saturated rings. The van der Waals surface area contributed by atoms with E-state index in [4.69, 9.17) is 23.2 Å². The summed E-state index contributed by atoms with van der Waals surface area (Å²) < 4.78 is 0. The number of amides is 1. The molecule has 2 aromatic carbocycles. The van der Waals surface area contributed by atoms with Crippen molar-refractivity contribution in [3.8, 4) is 0 Å². The Hall–Kier alpha value is -1.55. The van der Waals surface area contributed by atoms with E-state index in [0.717, 1.165) is 24.9 Å². The van der Waals surface area contributed by atoms with E-state index >= 15 is 0 Å². The third kappa shape index (κ3) is 4.22. The predicted octanol–water partition coefficient (Wildman–Crippen LogP) is 5.98. The van der Waals surface area contributed by atoms with E-state index in [2.05, 4.69) is 43.2 Å². The lowest BCUT2D eigenvalue weighted by Crippen LogP contribution is -2.57. The second kappa shape index (κ2) is 8.86. The highest BCUT2D eigenvalue weighted by molar-refractivity contribution is 6.39. The molecule has 0 saturated carbocycles. The highest BCUT2D eigenvalue weighted by Gasteiger charge is 2.43. The lowest BCUT2D eigenvalue weighted by atomic mass is 9.75. The maximum Gasteiger partial charge on any atom is 0.254 e. The molecule has 1 N–H and O–H groups in total. The van der Waals surface area contributed by atoms with Crippen molar-refractivity contribution in [2.45, 2.75) is 44.7 Å². The van der Waals surface area contributed by atoms with Crippen LogP contribution in [0.3, 0.4) is 0 Å². The van der Waals surface area contributed by atoms with Gasteiger partial charge in [0.25, 0.3) is 5.91 Å². The first-order valence-corrected chi connectivity index (χ1v) is 10.6. The predicted molar refractivity (Wildman–Crippen MR) is 117 cm³/mol. The number of hydrogen-bond donors (Lipinski definition) is 1. The van der Waals surface area contributed by atoms with Gasteiger partial charge in [0.2, 0.25) is 0 Å². The molecule has 3 nitrogen and oxygen atoms in total. The van der Waals surface area contributed by atoms with Crippen LogP contribution in [-0.2, 0) is 0 Å². The molecule has 0 aliphatic carbocycles. The Morgan fingerprint density at radius 2 is 1.82 bits per heavy atom. The highest BCUT2D eigenvalue weighted by atomic mass is 35.5. The minimum absolute atomic E-state index is 0.170. The standard InChI is InChI=1S/C23H28Cl2N2O/c1-4-16-13-14-23(2,27(3)15-16)21(17-9-6-5-7-10-17)26-22(28)20-18(24)11-8-12-19(20)25/h5-12,16,21H,4,13-15H2,1-3H3,(H,26,28)/t16?,21-,23?/m1/s1. The van der Waals surface area contributed by atoms with Crippen molar-refractivity contribution in [2.75, 3.05) is 13.6 Å². The van der Waals surface area contributed by atoms with Gasteiger partial charge in [-0.05, 0) is 50.4 Å². The third-order valence-electron chi connectivity index (χ3n) is 6.26. The van der Waals surface area contributed by atoms with Gasteiger partial charge in [0.1, 0.15) is 0 Å². The minimum Gasteiger partial charge on any atom is -0.343 e. The molecule has 1 amide bonds. The zero-order valence-corrected chi connectivity index (χ0v) is 18.2. The number of likely N-dealkylation sites (N-methyl/N-ethyl adjacent to an activating group) is 1. The molecule has 0 radical (unpaired) electrons. The van der Waals surface area contributed by atoms with Crippen LogP contribution in [0.5, 0.6) is 0 Å². The summed E-state index contributed by atoms with van der Waals surface area (Å²) in [5, 5.41) is 3.99. The average molecular weight is 419 g/mol. The molecule has 28 heavy (non-hydrogen) atoms. The molecule has 5 heteroatoms. The van der Waals surface area contributed by atoms with E-state index in [1.54, 1.807) is 18.2 Å². The molecule has 3 atom stereocenters. The van der Waals surface area contributed by atoms with E-state index < -0.39 is 0 Å². The summed E-state index contributed by atoms with van der Waals surface area (Å²) in [5.41, 5.74) is 1.22. The summed E-state index contributed by atoms with van der Waals surface area (Å²) in [4.78, 5) is 15.6. The Morgan fingerprint density at radius 3 is 2.39 bits per heavy atom. The lowest BCUT2D eigenvalue weighted by molar-refractivity contribution is 0.0229. The molecule has 1 saturated heterocycles. The van der Waals surface area contributed by atoms with Crippen LogP contribution in [0.15, 0.2) is 48.5 Å². The lowest BCUT2D eigenvalue weighted by Gasteiger charge is -2.50. The van der Waals surface area contributed by atoms with E-state index in [9.17, 15) is 4.79 Å². The number of piperidine rings is 1. The molecule has 2 unspecified atom stereocenters. The largest absolute Gasteiger partial charge is 0.343 e. The fourth-order valence-electron chi connectivity index (χ4n) is 4.23. The third-order valence-corrected chi connectivity index (χ3v) is 6.89. The Morgan fingerprint density at radius 1 is 1.18 bits per heavy atom. The SMILES string of the molecule is CCC1CCC(C)([C@H](NC(=O)c2c(Cl)cccc2Cl)c2ccccc2)N(C)C1. The second-order valence-electron chi connectivity index (χ2n) is 7.96. The van der Waals surface area contributed by atoms with Crippen LogP contribution in [0.4, 0.5) is 0 Å². The summed E-state index contributed by atoms with van der Waals surface area (Å²) in [6.07, 6.45) is 3.35. The van der Waals surface area contributed by atoms with Crippen molar-refractivity contribution in [3.63, 3.8) is 0 Å². The fourth-order valence-corrected chi connectivity index (χ4v) is 4.80. The van der Waals surface area contributed by atoms with Crippen LogP contribution in [-0.4, -0.2) is 29.9 Å². The zero-order valence-electron chi connectivity index (χ0n) is 16.7. The summed E-state index contributed by atoms with van der Waals surface area (Å²) in [7, 11) is 2.16. The van der Waals surface area contributed by atoms with E-state index in [-0.39, 0.29) is 17.5 Å². The molecule has 150 valence electrons. The number of rotatable bonds is 5. The van der Waals surface area contributed by atoms with Gasteiger partial charge in [-0.1, -0.05) is 72.9 Å². The molecule has 0 aromatic heterocycles. The first-order chi connectivity index (χ1) is 13.4. The van der Waals surface area contributed by atoms with Crippen molar-refractivity contribution in [2.24, 2.45) is 5.92 Å². The van der Waals surface area contributed by atoms with E-state index in [0.29, 0.717) is 21.5 Å². The molecule has 1 heterocycles. The smallest absolute Gasteiger partial charge is 0.254 e. The van der Waals surface area contributed by atoms with Crippen LogP contribution < -0.4 is 5.32 Å². The van der Waals surface area contributed by atoms with Crippen LogP contribution >= 0.6 is 23.2 Å². The number of halogens is 2. The van der Waals surface area contributed by atoms with Crippen LogP contribution in [0.2, 0.25) is 10.0 Å². The van der Waals surface area contributed by atoms with Gasteiger partial charge in [0.05, 0.1) is 21.7 Å². The summed E-state index contributed by atoms with van der Waals surface area (Å²) in [6.45, 7) is 5.51. The van der Waals surface area contributed by atoms with Crippen LogP contribution in [0.1, 0.15) is 55.1 Å². The topological polar surface area (TPSA) is 32.3 Å². The van der Waals surface area contributed by atoms with E-state index in [1.165, 1.54) is 6.42 Å².